The third kappa shape index (κ3) is 4.86. The van der Waals surface area contributed by atoms with E-state index in [4.69, 9.17) is 15.2 Å². The minimum Gasteiger partial charge on any atom is -0.425 e. The van der Waals surface area contributed by atoms with Crippen LogP contribution in [0.5, 0.6) is 0 Å². The fraction of sp³-hybridized carbons (Fsp3) is 0.833. The lowest BCUT2D eigenvalue weighted by Crippen LogP contribution is -2.29. The molecule has 0 spiro atoms. The Labute approximate surface area is 112 Å². The Morgan fingerprint density at radius 2 is 1.89 bits per heavy atom. The highest BCUT2D eigenvalue weighted by Gasteiger charge is 2.28. The van der Waals surface area contributed by atoms with Gasteiger partial charge in [-0.25, -0.2) is 4.79 Å². The van der Waals surface area contributed by atoms with Crippen LogP contribution in [0.2, 0.25) is 0 Å². The monoisotopic (exact) mass is 275 g/mol. The van der Waals surface area contributed by atoms with E-state index in [1.54, 1.807) is 13.2 Å². The second-order valence-electron chi connectivity index (χ2n) is 4.53. The van der Waals surface area contributed by atoms with Crippen LogP contribution in [0.1, 0.15) is 32.6 Å². The highest BCUT2D eigenvalue weighted by molar-refractivity contribution is 8.12. The van der Waals surface area contributed by atoms with E-state index in [1.165, 1.54) is 0 Å². The lowest BCUT2D eigenvalue weighted by atomic mass is 9.82. The first-order chi connectivity index (χ1) is 8.56. The minimum atomic E-state index is -0.815. The van der Waals surface area contributed by atoms with E-state index in [1.807, 2.05) is 0 Å². The SMILES string of the molecule is CSC(=O)OC(C)OC(=O)C1CCC(CN)CC1. The van der Waals surface area contributed by atoms with E-state index in [-0.39, 0.29) is 11.9 Å². The molecule has 0 aromatic rings. The maximum atomic E-state index is 11.8. The Hall–Kier alpha value is -0.750. The first-order valence-corrected chi connectivity index (χ1v) is 7.44. The molecule has 1 fully saturated rings. The van der Waals surface area contributed by atoms with E-state index < -0.39 is 11.6 Å². The van der Waals surface area contributed by atoms with Crippen LogP contribution < -0.4 is 5.73 Å². The number of ether oxygens (including phenoxy) is 2. The zero-order chi connectivity index (χ0) is 13.5. The van der Waals surface area contributed by atoms with Gasteiger partial charge in [0.1, 0.15) is 0 Å². The first-order valence-electron chi connectivity index (χ1n) is 6.22. The summed E-state index contributed by atoms with van der Waals surface area (Å²) in [7, 11) is 0. The van der Waals surface area contributed by atoms with Crippen LogP contribution in [0, 0.1) is 11.8 Å². The van der Waals surface area contributed by atoms with Gasteiger partial charge in [-0.3, -0.25) is 4.79 Å². The van der Waals surface area contributed by atoms with Crippen LogP contribution in [0.4, 0.5) is 4.79 Å². The van der Waals surface area contributed by atoms with Crippen molar-refractivity contribution in [3.05, 3.63) is 0 Å². The molecule has 0 bridgehead atoms. The van der Waals surface area contributed by atoms with Crippen molar-refractivity contribution in [2.45, 2.75) is 38.9 Å². The third-order valence-corrected chi connectivity index (χ3v) is 3.65. The molecule has 1 rings (SSSR count). The molecule has 1 unspecified atom stereocenters. The molecule has 1 aliphatic rings. The fourth-order valence-corrected chi connectivity index (χ4v) is 2.33. The summed E-state index contributed by atoms with van der Waals surface area (Å²) in [5.41, 5.74) is 5.60. The molecule has 1 atom stereocenters. The smallest absolute Gasteiger partial charge is 0.370 e. The van der Waals surface area contributed by atoms with Crippen molar-refractivity contribution >= 4 is 23.0 Å². The molecule has 0 heterocycles. The number of thioether (sulfide) groups is 1. The summed E-state index contributed by atoms with van der Waals surface area (Å²) < 4.78 is 9.97. The summed E-state index contributed by atoms with van der Waals surface area (Å²) in [5.74, 6) is 0.177. The first kappa shape index (κ1) is 15.3. The maximum absolute atomic E-state index is 11.8. The summed E-state index contributed by atoms with van der Waals surface area (Å²) in [6.07, 6.45) is 4.35. The molecule has 0 amide bonds. The van der Waals surface area contributed by atoms with Gasteiger partial charge >= 0.3 is 11.3 Å². The average molecular weight is 275 g/mol. The van der Waals surface area contributed by atoms with Gasteiger partial charge in [0.15, 0.2) is 0 Å². The normalized spacial score (nSPS) is 25.3. The molecule has 1 saturated carbocycles. The predicted octanol–water partition coefficient (Wildman–Crippen LogP) is 2.14. The molecule has 0 aliphatic heterocycles. The van der Waals surface area contributed by atoms with Gasteiger partial charge in [0.25, 0.3) is 0 Å². The Morgan fingerprint density at radius 3 is 2.39 bits per heavy atom. The lowest BCUT2D eigenvalue weighted by Gasteiger charge is -2.27. The Balaban J connectivity index is 2.30. The molecule has 0 aromatic carbocycles. The number of nitrogens with two attached hydrogens (primary N) is 1. The Morgan fingerprint density at radius 1 is 1.28 bits per heavy atom. The average Bonchev–Trinajstić information content (AvgIpc) is 2.38. The summed E-state index contributed by atoms with van der Waals surface area (Å²) in [5, 5.41) is -0.442. The molecule has 18 heavy (non-hydrogen) atoms. The van der Waals surface area contributed by atoms with Crippen molar-refractivity contribution in [1.82, 2.24) is 0 Å². The van der Waals surface area contributed by atoms with Crippen molar-refractivity contribution in [1.29, 1.82) is 0 Å². The van der Waals surface area contributed by atoms with Crippen molar-refractivity contribution in [3.63, 3.8) is 0 Å². The quantitative estimate of drug-likeness (QED) is 0.625. The number of hydrogen-bond acceptors (Lipinski definition) is 6. The van der Waals surface area contributed by atoms with E-state index in [9.17, 15) is 9.59 Å². The highest BCUT2D eigenvalue weighted by Crippen LogP contribution is 2.29. The van der Waals surface area contributed by atoms with E-state index in [2.05, 4.69) is 0 Å². The van der Waals surface area contributed by atoms with Crippen molar-refractivity contribution in [2.75, 3.05) is 12.8 Å². The topological polar surface area (TPSA) is 78.6 Å². The van der Waals surface area contributed by atoms with E-state index in [0.29, 0.717) is 12.5 Å². The lowest BCUT2D eigenvalue weighted by molar-refractivity contribution is -0.170. The van der Waals surface area contributed by atoms with Gasteiger partial charge in [-0.1, -0.05) is 0 Å². The largest absolute Gasteiger partial charge is 0.425 e. The van der Waals surface area contributed by atoms with Gasteiger partial charge in [0.05, 0.1) is 5.92 Å². The molecule has 1 aliphatic carbocycles. The van der Waals surface area contributed by atoms with Gasteiger partial charge < -0.3 is 15.2 Å². The van der Waals surface area contributed by atoms with E-state index >= 15 is 0 Å². The van der Waals surface area contributed by atoms with Gasteiger partial charge in [-0.05, 0) is 56.2 Å². The molecular weight excluding hydrogens is 254 g/mol. The number of carbonyl (C=O) groups excluding carboxylic acids is 2. The predicted molar refractivity (Wildman–Crippen MR) is 70.1 cm³/mol. The molecule has 0 aromatic heterocycles. The van der Waals surface area contributed by atoms with Gasteiger partial charge in [-0.15, -0.1) is 0 Å². The van der Waals surface area contributed by atoms with E-state index in [0.717, 1.165) is 37.4 Å². The number of hydrogen-bond donors (Lipinski definition) is 1. The summed E-state index contributed by atoms with van der Waals surface area (Å²) in [4.78, 5) is 22.8. The van der Waals surface area contributed by atoms with Crippen LogP contribution in [-0.4, -0.2) is 30.4 Å². The summed E-state index contributed by atoms with van der Waals surface area (Å²) >= 11 is 0.953. The number of rotatable bonds is 4. The fourth-order valence-electron chi connectivity index (χ4n) is 2.10. The second kappa shape index (κ2) is 7.63. The van der Waals surface area contributed by atoms with Crippen LogP contribution in [0.15, 0.2) is 0 Å². The molecule has 0 radical (unpaired) electrons. The molecule has 2 N–H and O–H groups in total. The Bertz CT molecular complexity index is 290. The summed E-state index contributed by atoms with van der Waals surface area (Å²) in [6.45, 7) is 2.24. The highest BCUT2D eigenvalue weighted by atomic mass is 32.2. The maximum Gasteiger partial charge on any atom is 0.370 e. The van der Waals surface area contributed by atoms with Crippen LogP contribution in [0.25, 0.3) is 0 Å². The Kier molecular flexibility index (Phi) is 6.49. The van der Waals surface area contributed by atoms with Crippen molar-refractivity contribution < 1.29 is 19.1 Å². The van der Waals surface area contributed by atoms with Crippen LogP contribution in [0.3, 0.4) is 0 Å². The zero-order valence-electron chi connectivity index (χ0n) is 10.9. The van der Waals surface area contributed by atoms with Crippen molar-refractivity contribution in [3.8, 4) is 0 Å². The number of carbonyl (C=O) groups is 2. The second-order valence-corrected chi connectivity index (χ2v) is 5.27. The standard InChI is InChI=1S/C12H21NO4S/c1-8(17-12(15)18-2)16-11(14)10-5-3-9(7-13)4-6-10/h8-10H,3-7,13H2,1-2H3. The molecule has 6 heteroatoms. The van der Waals surface area contributed by atoms with Crippen LogP contribution >= 0.6 is 11.8 Å². The molecule has 104 valence electrons. The zero-order valence-corrected chi connectivity index (χ0v) is 11.7. The van der Waals surface area contributed by atoms with Gasteiger partial charge in [0.2, 0.25) is 6.29 Å². The minimum absolute atomic E-state index is 0.0803. The van der Waals surface area contributed by atoms with Crippen LogP contribution in [-0.2, 0) is 14.3 Å². The molecule has 5 nitrogen and oxygen atoms in total. The third-order valence-electron chi connectivity index (χ3n) is 3.22. The molecule has 0 saturated heterocycles. The van der Waals surface area contributed by atoms with Crippen molar-refractivity contribution in [2.24, 2.45) is 17.6 Å². The van der Waals surface area contributed by atoms with Gasteiger partial charge in [-0.2, -0.15) is 0 Å². The number of esters is 1. The molecular formula is C12H21NO4S. The summed E-state index contributed by atoms with van der Waals surface area (Å²) in [6, 6.07) is 0. The van der Waals surface area contributed by atoms with Gasteiger partial charge in [0, 0.05) is 6.92 Å².